The van der Waals surface area contributed by atoms with Crippen LogP contribution >= 0.6 is 22.6 Å². The minimum absolute atomic E-state index is 0.300. The normalized spacial score (nSPS) is 18.0. The van der Waals surface area contributed by atoms with Crippen molar-refractivity contribution in [1.29, 1.82) is 0 Å². The number of hydrogen-bond donors (Lipinski definition) is 1. The number of rotatable bonds is 4. The van der Waals surface area contributed by atoms with Gasteiger partial charge in [0.05, 0.1) is 0 Å². The quantitative estimate of drug-likeness (QED) is 0.615. The molecule has 0 aromatic carbocycles. The summed E-state index contributed by atoms with van der Waals surface area (Å²) >= 11 is 2.47. The molecule has 0 aliphatic rings. The van der Waals surface area contributed by atoms with Gasteiger partial charge in [-0.15, -0.1) is 0 Å². The van der Waals surface area contributed by atoms with Gasteiger partial charge >= 0.3 is 0 Å². The first-order chi connectivity index (χ1) is 4.93. The third kappa shape index (κ3) is 3.74. The summed E-state index contributed by atoms with van der Waals surface area (Å²) in [6, 6.07) is 0. The first kappa shape index (κ1) is 11.7. The molecule has 0 aliphatic carbocycles. The number of hydrogen-bond acceptors (Lipinski definition) is 1. The van der Waals surface area contributed by atoms with Gasteiger partial charge in [0.2, 0.25) is 0 Å². The van der Waals surface area contributed by atoms with Gasteiger partial charge in [-0.05, 0) is 11.8 Å². The minimum atomic E-state index is 0.300. The number of halogens is 1. The molecule has 1 N–H and O–H groups in total. The summed E-state index contributed by atoms with van der Waals surface area (Å²) in [4.78, 5) is 0. The molecule has 0 heterocycles. The summed E-state index contributed by atoms with van der Waals surface area (Å²) < 4.78 is 0.300. The Kier molecular flexibility index (Phi) is 4.94. The maximum absolute atomic E-state index is 9.00. The van der Waals surface area contributed by atoms with Crippen LogP contribution in [0.3, 0.4) is 0 Å². The molecule has 0 aliphatic heterocycles. The van der Waals surface area contributed by atoms with Gasteiger partial charge in [-0.2, -0.15) is 0 Å². The molecule has 11 heavy (non-hydrogen) atoms. The Morgan fingerprint density at radius 1 is 1.45 bits per heavy atom. The highest BCUT2D eigenvalue weighted by atomic mass is 127. The van der Waals surface area contributed by atoms with E-state index in [0.717, 1.165) is 6.42 Å². The molecule has 0 amide bonds. The van der Waals surface area contributed by atoms with E-state index in [9.17, 15) is 0 Å². The molecule has 0 aromatic rings. The van der Waals surface area contributed by atoms with Crippen molar-refractivity contribution in [3.63, 3.8) is 0 Å². The Hall–Kier alpha value is 0.690. The van der Waals surface area contributed by atoms with E-state index in [4.69, 9.17) is 5.11 Å². The highest BCUT2D eigenvalue weighted by Gasteiger charge is 2.28. The van der Waals surface area contributed by atoms with E-state index < -0.39 is 0 Å². The Morgan fingerprint density at radius 2 is 1.91 bits per heavy atom. The fourth-order valence-corrected chi connectivity index (χ4v) is 2.75. The summed E-state index contributed by atoms with van der Waals surface area (Å²) in [6.07, 6.45) is 1.15. The average molecular weight is 270 g/mol. The number of aliphatic hydroxyl groups is 1. The van der Waals surface area contributed by atoms with Crippen LogP contribution in [0.25, 0.3) is 0 Å². The van der Waals surface area contributed by atoms with Crippen LogP contribution in [0.4, 0.5) is 0 Å². The Balaban J connectivity index is 4.16. The highest BCUT2D eigenvalue weighted by Crippen LogP contribution is 2.34. The summed E-state index contributed by atoms with van der Waals surface area (Å²) in [5.41, 5.74) is 0. The molecule has 2 atom stereocenters. The molecule has 0 radical (unpaired) electrons. The number of alkyl halides is 1. The molecule has 68 valence electrons. The maximum atomic E-state index is 9.00. The van der Waals surface area contributed by atoms with E-state index in [1.165, 1.54) is 0 Å². The molecule has 1 nitrogen and oxygen atoms in total. The summed E-state index contributed by atoms with van der Waals surface area (Å²) in [7, 11) is 0. The van der Waals surface area contributed by atoms with E-state index in [2.05, 4.69) is 50.3 Å². The zero-order valence-corrected chi connectivity index (χ0v) is 10.1. The van der Waals surface area contributed by atoms with E-state index in [1.54, 1.807) is 0 Å². The van der Waals surface area contributed by atoms with Crippen molar-refractivity contribution >= 4 is 22.6 Å². The zero-order chi connectivity index (χ0) is 9.07. The van der Waals surface area contributed by atoms with Crippen LogP contribution in [0.1, 0.15) is 34.1 Å². The Bertz CT molecular complexity index is 107. The van der Waals surface area contributed by atoms with Crippen molar-refractivity contribution in [2.45, 2.75) is 37.5 Å². The number of aliphatic hydroxyl groups excluding tert-OH is 1. The van der Waals surface area contributed by atoms with Crippen LogP contribution in [-0.2, 0) is 0 Å². The van der Waals surface area contributed by atoms with Gasteiger partial charge in [-0.25, -0.2) is 0 Å². The molecule has 0 spiro atoms. The van der Waals surface area contributed by atoms with Crippen LogP contribution in [0.15, 0.2) is 0 Å². The fourth-order valence-electron chi connectivity index (χ4n) is 1.69. The smallest absolute Gasteiger partial charge is 0.0459 e. The molecule has 0 fully saturated rings. The molecular formula is C9H19IO. The highest BCUT2D eigenvalue weighted by molar-refractivity contribution is 14.1. The molecule has 2 heteroatoms. The molecule has 0 bridgehead atoms. The third-order valence-corrected chi connectivity index (χ3v) is 3.10. The van der Waals surface area contributed by atoms with E-state index in [0.29, 0.717) is 21.9 Å². The maximum Gasteiger partial charge on any atom is 0.0459 e. The standard InChI is InChI=1S/C9H19IO/c1-5-8(7(2)6-11)9(3,4)10/h7-8,11H,5-6H2,1-4H3. The van der Waals surface area contributed by atoms with Crippen molar-refractivity contribution in [2.75, 3.05) is 6.61 Å². The lowest BCUT2D eigenvalue weighted by molar-refractivity contribution is 0.170. The second kappa shape index (κ2) is 4.65. The topological polar surface area (TPSA) is 20.2 Å². The molecule has 0 rings (SSSR count). The molecule has 0 saturated carbocycles. The SMILES string of the molecule is CCC(C(C)CO)C(C)(C)I. The third-order valence-electron chi connectivity index (χ3n) is 2.30. The Labute approximate surface area is 83.7 Å². The van der Waals surface area contributed by atoms with Gasteiger partial charge in [0.1, 0.15) is 0 Å². The molecule has 0 aromatic heterocycles. The molecule has 0 saturated heterocycles. The van der Waals surface area contributed by atoms with Gasteiger partial charge in [-0.3, -0.25) is 0 Å². The van der Waals surface area contributed by atoms with E-state index in [-0.39, 0.29) is 0 Å². The van der Waals surface area contributed by atoms with Gasteiger partial charge in [0.25, 0.3) is 0 Å². The van der Waals surface area contributed by atoms with Crippen LogP contribution in [0.2, 0.25) is 0 Å². The van der Waals surface area contributed by atoms with Crippen molar-refractivity contribution < 1.29 is 5.11 Å². The second-order valence-corrected chi connectivity index (χ2v) is 6.52. The Morgan fingerprint density at radius 3 is 2.00 bits per heavy atom. The van der Waals surface area contributed by atoms with Crippen molar-refractivity contribution in [1.82, 2.24) is 0 Å². The van der Waals surface area contributed by atoms with Crippen LogP contribution in [-0.4, -0.2) is 15.1 Å². The summed E-state index contributed by atoms with van der Waals surface area (Å²) in [5.74, 6) is 1.04. The lowest BCUT2D eigenvalue weighted by Crippen LogP contribution is -2.30. The predicted molar refractivity (Wildman–Crippen MR) is 58.1 cm³/mol. The first-order valence-corrected chi connectivity index (χ1v) is 5.31. The lowest BCUT2D eigenvalue weighted by Gasteiger charge is -2.32. The largest absolute Gasteiger partial charge is 0.396 e. The lowest BCUT2D eigenvalue weighted by atomic mass is 9.83. The van der Waals surface area contributed by atoms with Gasteiger partial charge in [0, 0.05) is 10.0 Å². The van der Waals surface area contributed by atoms with Crippen molar-refractivity contribution in [3.05, 3.63) is 0 Å². The van der Waals surface area contributed by atoms with Crippen LogP contribution < -0.4 is 0 Å². The first-order valence-electron chi connectivity index (χ1n) is 4.23. The predicted octanol–water partition coefficient (Wildman–Crippen LogP) is 2.85. The summed E-state index contributed by atoms with van der Waals surface area (Å²) in [6.45, 7) is 9.08. The van der Waals surface area contributed by atoms with Crippen molar-refractivity contribution in [3.8, 4) is 0 Å². The fraction of sp³-hybridized carbons (Fsp3) is 1.00. The second-order valence-electron chi connectivity index (χ2n) is 3.74. The summed E-state index contributed by atoms with van der Waals surface area (Å²) in [5, 5.41) is 9.00. The van der Waals surface area contributed by atoms with Gasteiger partial charge in [-0.1, -0.05) is 56.7 Å². The van der Waals surface area contributed by atoms with Crippen molar-refractivity contribution in [2.24, 2.45) is 11.8 Å². The monoisotopic (exact) mass is 270 g/mol. The average Bonchev–Trinajstić information content (AvgIpc) is 1.86. The van der Waals surface area contributed by atoms with Crippen LogP contribution in [0, 0.1) is 11.8 Å². The van der Waals surface area contributed by atoms with E-state index >= 15 is 0 Å². The van der Waals surface area contributed by atoms with Gasteiger partial charge in [0.15, 0.2) is 0 Å². The molecular weight excluding hydrogens is 251 g/mol. The zero-order valence-electron chi connectivity index (χ0n) is 7.89. The van der Waals surface area contributed by atoms with E-state index in [1.807, 2.05) is 0 Å². The minimum Gasteiger partial charge on any atom is -0.396 e. The molecule has 2 unspecified atom stereocenters. The van der Waals surface area contributed by atoms with Gasteiger partial charge < -0.3 is 5.11 Å². The van der Waals surface area contributed by atoms with Crippen LogP contribution in [0.5, 0.6) is 0 Å².